The van der Waals surface area contributed by atoms with Crippen molar-refractivity contribution < 1.29 is 13.9 Å². The molecule has 1 saturated carbocycles. The van der Waals surface area contributed by atoms with E-state index in [2.05, 4.69) is 5.32 Å². The number of nitrogens with two attached hydrogens (primary N) is 1. The number of benzene rings is 1. The molecule has 1 aliphatic carbocycles. The summed E-state index contributed by atoms with van der Waals surface area (Å²) in [6, 6.07) is 6.17. The van der Waals surface area contributed by atoms with Crippen LogP contribution in [0.4, 0.5) is 4.39 Å². The summed E-state index contributed by atoms with van der Waals surface area (Å²) in [6.07, 6.45) is 4.28. The predicted octanol–water partition coefficient (Wildman–Crippen LogP) is 1.84. The molecule has 0 aliphatic heterocycles. The molecule has 1 aliphatic rings. The monoisotopic (exact) mass is 280 g/mol. The van der Waals surface area contributed by atoms with Gasteiger partial charge in [0, 0.05) is 6.04 Å². The van der Waals surface area contributed by atoms with Gasteiger partial charge in [0.15, 0.2) is 18.2 Å². The Bertz CT molecular complexity index is 453. The van der Waals surface area contributed by atoms with Gasteiger partial charge in [-0.3, -0.25) is 4.79 Å². The molecule has 2 rings (SSSR count). The second-order valence-corrected chi connectivity index (χ2v) is 5.17. The summed E-state index contributed by atoms with van der Waals surface area (Å²) in [5, 5.41) is 2.94. The quantitative estimate of drug-likeness (QED) is 0.865. The Morgan fingerprint density at radius 3 is 2.85 bits per heavy atom. The summed E-state index contributed by atoms with van der Waals surface area (Å²) in [5.41, 5.74) is 5.72. The molecule has 3 N–H and O–H groups in total. The predicted molar refractivity (Wildman–Crippen MR) is 74.8 cm³/mol. The zero-order valence-corrected chi connectivity index (χ0v) is 11.5. The van der Waals surface area contributed by atoms with Crippen LogP contribution in [0.3, 0.4) is 0 Å². The number of carbonyl (C=O) groups is 1. The average molecular weight is 280 g/mol. The van der Waals surface area contributed by atoms with E-state index in [0.717, 1.165) is 19.3 Å². The normalized spacial score (nSPS) is 22.3. The fourth-order valence-corrected chi connectivity index (χ4v) is 2.63. The zero-order chi connectivity index (χ0) is 14.4. The van der Waals surface area contributed by atoms with Gasteiger partial charge in [-0.1, -0.05) is 25.0 Å². The van der Waals surface area contributed by atoms with Gasteiger partial charge in [0.2, 0.25) is 0 Å². The number of hydrogen-bond donors (Lipinski definition) is 2. The highest BCUT2D eigenvalue weighted by atomic mass is 19.1. The molecule has 2 atom stereocenters. The molecule has 0 radical (unpaired) electrons. The SMILES string of the molecule is NCC1CCCCC1NC(=O)COc1ccccc1F. The highest BCUT2D eigenvalue weighted by Gasteiger charge is 2.25. The summed E-state index contributed by atoms with van der Waals surface area (Å²) in [6.45, 7) is 0.411. The lowest BCUT2D eigenvalue weighted by atomic mass is 9.84. The summed E-state index contributed by atoms with van der Waals surface area (Å²) in [5.74, 6) is -0.251. The Kier molecular flexibility index (Phi) is 5.35. The average Bonchev–Trinajstić information content (AvgIpc) is 2.47. The summed E-state index contributed by atoms with van der Waals surface area (Å²) >= 11 is 0. The number of amides is 1. The topological polar surface area (TPSA) is 64.3 Å². The highest BCUT2D eigenvalue weighted by Crippen LogP contribution is 2.23. The van der Waals surface area contributed by atoms with Crippen LogP contribution in [-0.4, -0.2) is 25.1 Å². The van der Waals surface area contributed by atoms with E-state index < -0.39 is 5.82 Å². The van der Waals surface area contributed by atoms with Crippen molar-refractivity contribution in [2.45, 2.75) is 31.7 Å². The van der Waals surface area contributed by atoms with E-state index in [9.17, 15) is 9.18 Å². The highest BCUT2D eigenvalue weighted by molar-refractivity contribution is 5.77. The molecule has 4 nitrogen and oxygen atoms in total. The summed E-state index contributed by atoms with van der Waals surface area (Å²) in [4.78, 5) is 11.9. The molecule has 20 heavy (non-hydrogen) atoms. The van der Waals surface area contributed by atoms with Gasteiger partial charge in [0.25, 0.3) is 5.91 Å². The van der Waals surface area contributed by atoms with Gasteiger partial charge in [0.05, 0.1) is 0 Å². The molecule has 0 saturated heterocycles. The smallest absolute Gasteiger partial charge is 0.258 e. The van der Waals surface area contributed by atoms with Crippen LogP contribution < -0.4 is 15.8 Å². The van der Waals surface area contributed by atoms with Crippen molar-refractivity contribution in [3.8, 4) is 5.75 Å². The van der Waals surface area contributed by atoms with Crippen LogP contribution in [0.25, 0.3) is 0 Å². The Balaban J connectivity index is 1.82. The number of carbonyl (C=O) groups excluding carboxylic acids is 1. The number of nitrogens with one attached hydrogen (secondary N) is 1. The van der Waals surface area contributed by atoms with Crippen molar-refractivity contribution in [1.29, 1.82) is 0 Å². The van der Waals surface area contributed by atoms with E-state index in [-0.39, 0.29) is 24.3 Å². The first-order chi connectivity index (χ1) is 9.70. The molecule has 1 aromatic carbocycles. The van der Waals surface area contributed by atoms with Crippen molar-refractivity contribution in [2.24, 2.45) is 11.7 Å². The van der Waals surface area contributed by atoms with Gasteiger partial charge in [-0.15, -0.1) is 0 Å². The molecule has 0 spiro atoms. The Morgan fingerprint density at radius 1 is 1.35 bits per heavy atom. The molecular formula is C15H21FN2O2. The number of hydrogen-bond acceptors (Lipinski definition) is 3. The third kappa shape index (κ3) is 3.93. The van der Waals surface area contributed by atoms with Crippen molar-refractivity contribution >= 4 is 5.91 Å². The molecule has 1 fully saturated rings. The second kappa shape index (κ2) is 7.24. The van der Waals surface area contributed by atoms with Crippen LogP contribution in [0, 0.1) is 11.7 Å². The number of rotatable bonds is 5. The van der Waals surface area contributed by atoms with Crippen LogP contribution in [0.5, 0.6) is 5.75 Å². The zero-order valence-electron chi connectivity index (χ0n) is 11.5. The van der Waals surface area contributed by atoms with Gasteiger partial charge in [-0.05, 0) is 37.4 Å². The fourth-order valence-electron chi connectivity index (χ4n) is 2.63. The molecule has 0 aromatic heterocycles. The lowest BCUT2D eigenvalue weighted by molar-refractivity contribution is -0.124. The van der Waals surface area contributed by atoms with Gasteiger partial charge in [-0.25, -0.2) is 4.39 Å². The maximum atomic E-state index is 13.3. The third-order valence-corrected chi connectivity index (χ3v) is 3.75. The molecule has 5 heteroatoms. The molecule has 1 aromatic rings. The van der Waals surface area contributed by atoms with Crippen molar-refractivity contribution in [1.82, 2.24) is 5.32 Å². The first-order valence-electron chi connectivity index (χ1n) is 7.07. The minimum absolute atomic E-state index is 0.0988. The maximum Gasteiger partial charge on any atom is 0.258 e. The van der Waals surface area contributed by atoms with E-state index >= 15 is 0 Å². The maximum absolute atomic E-state index is 13.3. The first kappa shape index (κ1) is 14.8. The Labute approximate surface area is 118 Å². The van der Waals surface area contributed by atoms with Crippen molar-refractivity contribution in [2.75, 3.05) is 13.2 Å². The lowest BCUT2D eigenvalue weighted by Gasteiger charge is -2.31. The van der Waals surface area contributed by atoms with Gasteiger partial charge >= 0.3 is 0 Å². The van der Waals surface area contributed by atoms with Crippen molar-refractivity contribution in [3.05, 3.63) is 30.1 Å². The number of halogens is 1. The third-order valence-electron chi connectivity index (χ3n) is 3.75. The minimum atomic E-state index is -0.460. The Morgan fingerprint density at radius 2 is 2.10 bits per heavy atom. The molecular weight excluding hydrogens is 259 g/mol. The van der Waals surface area contributed by atoms with Crippen LogP contribution in [0.2, 0.25) is 0 Å². The number of ether oxygens (including phenoxy) is 1. The van der Waals surface area contributed by atoms with Gasteiger partial charge in [-0.2, -0.15) is 0 Å². The van der Waals surface area contributed by atoms with Crippen LogP contribution in [0.15, 0.2) is 24.3 Å². The van der Waals surface area contributed by atoms with E-state index in [1.807, 2.05) is 0 Å². The van der Waals surface area contributed by atoms with Crippen LogP contribution >= 0.6 is 0 Å². The molecule has 0 bridgehead atoms. The van der Waals surface area contributed by atoms with Crippen LogP contribution in [0.1, 0.15) is 25.7 Å². The van der Waals surface area contributed by atoms with E-state index in [4.69, 9.17) is 10.5 Å². The minimum Gasteiger partial charge on any atom is -0.481 e. The van der Waals surface area contributed by atoms with E-state index in [1.54, 1.807) is 12.1 Å². The summed E-state index contributed by atoms with van der Waals surface area (Å²) in [7, 11) is 0. The van der Waals surface area contributed by atoms with Crippen molar-refractivity contribution in [3.63, 3.8) is 0 Å². The first-order valence-corrected chi connectivity index (χ1v) is 7.07. The fraction of sp³-hybridized carbons (Fsp3) is 0.533. The number of para-hydroxylation sites is 1. The van der Waals surface area contributed by atoms with E-state index in [1.165, 1.54) is 18.6 Å². The lowest BCUT2D eigenvalue weighted by Crippen LogP contribution is -2.46. The summed E-state index contributed by atoms with van der Waals surface area (Å²) < 4.78 is 18.5. The van der Waals surface area contributed by atoms with Crippen LogP contribution in [-0.2, 0) is 4.79 Å². The van der Waals surface area contributed by atoms with Gasteiger partial charge in [0.1, 0.15) is 0 Å². The second-order valence-electron chi connectivity index (χ2n) is 5.17. The largest absolute Gasteiger partial charge is 0.481 e. The Hall–Kier alpha value is -1.62. The van der Waals surface area contributed by atoms with Gasteiger partial charge < -0.3 is 15.8 Å². The molecule has 0 heterocycles. The molecule has 2 unspecified atom stereocenters. The van der Waals surface area contributed by atoms with E-state index in [0.29, 0.717) is 12.5 Å². The molecule has 110 valence electrons. The molecule has 1 amide bonds. The standard InChI is InChI=1S/C15H21FN2O2/c16-12-6-2-4-8-14(12)20-10-15(19)18-13-7-3-1-5-11(13)9-17/h2,4,6,8,11,13H,1,3,5,7,9-10,17H2,(H,18,19).